The van der Waals surface area contributed by atoms with Crippen molar-refractivity contribution >= 4 is 17.7 Å². The van der Waals surface area contributed by atoms with Crippen LogP contribution < -0.4 is 10.1 Å². The maximum Gasteiger partial charge on any atom is 0.226 e. The molecule has 0 spiro atoms. The molecule has 1 aromatic rings. The zero-order valence-electron chi connectivity index (χ0n) is 10.8. The first-order valence-electron chi connectivity index (χ1n) is 5.97. The van der Waals surface area contributed by atoms with Crippen LogP contribution in [-0.2, 0) is 0 Å². The number of aromatic nitrogens is 2. The van der Waals surface area contributed by atoms with Gasteiger partial charge in [-0.1, -0.05) is 6.92 Å². The van der Waals surface area contributed by atoms with E-state index in [1.54, 1.807) is 0 Å². The fourth-order valence-electron chi connectivity index (χ4n) is 1.32. The van der Waals surface area contributed by atoms with E-state index < -0.39 is 0 Å². The SMILES string of the molecule is CCCOc1cc(C)nc(NCCCSC)n1. The van der Waals surface area contributed by atoms with Gasteiger partial charge in [-0.25, -0.2) is 4.98 Å². The third-order valence-electron chi connectivity index (χ3n) is 2.09. The van der Waals surface area contributed by atoms with E-state index in [2.05, 4.69) is 28.5 Å². The fraction of sp³-hybridized carbons (Fsp3) is 0.667. The second-order valence-electron chi connectivity index (χ2n) is 3.79. The molecular formula is C12H21N3OS. The molecule has 0 aliphatic rings. The molecular weight excluding hydrogens is 234 g/mol. The average molecular weight is 255 g/mol. The molecule has 0 saturated heterocycles. The summed E-state index contributed by atoms with van der Waals surface area (Å²) in [6.45, 7) is 5.63. The quantitative estimate of drug-likeness (QED) is 0.724. The average Bonchev–Trinajstić information content (AvgIpc) is 2.31. The van der Waals surface area contributed by atoms with E-state index in [0.717, 1.165) is 30.8 Å². The molecule has 1 aromatic heterocycles. The Morgan fingerprint density at radius 3 is 2.94 bits per heavy atom. The lowest BCUT2D eigenvalue weighted by atomic mass is 10.4. The summed E-state index contributed by atoms with van der Waals surface area (Å²) in [5.41, 5.74) is 0.929. The molecule has 1 rings (SSSR count). The molecule has 96 valence electrons. The van der Waals surface area contributed by atoms with Gasteiger partial charge >= 0.3 is 0 Å². The van der Waals surface area contributed by atoms with Gasteiger partial charge in [-0.15, -0.1) is 0 Å². The van der Waals surface area contributed by atoms with Gasteiger partial charge in [0.2, 0.25) is 11.8 Å². The normalized spacial score (nSPS) is 10.3. The maximum atomic E-state index is 5.51. The number of rotatable bonds is 8. The molecule has 0 aliphatic heterocycles. The van der Waals surface area contributed by atoms with Crippen molar-refractivity contribution in [2.45, 2.75) is 26.7 Å². The lowest BCUT2D eigenvalue weighted by Crippen LogP contribution is -2.08. The van der Waals surface area contributed by atoms with Gasteiger partial charge in [-0.05, 0) is 31.8 Å². The molecule has 4 nitrogen and oxygen atoms in total. The van der Waals surface area contributed by atoms with Gasteiger partial charge in [0, 0.05) is 18.3 Å². The van der Waals surface area contributed by atoms with Crippen molar-refractivity contribution in [3.63, 3.8) is 0 Å². The fourth-order valence-corrected chi connectivity index (χ4v) is 1.75. The van der Waals surface area contributed by atoms with Gasteiger partial charge < -0.3 is 10.1 Å². The molecule has 1 heterocycles. The second-order valence-corrected chi connectivity index (χ2v) is 4.78. The van der Waals surface area contributed by atoms with Gasteiger partial charge in [-0.3, -0.25) is 0 Å². The smallest absolute Gasteiger partial charge is 0.226 e. The number of anilines is 1. The van der Waals surface area contributed by atoms with E-state index in [0.29, 0.717) is 18.4 Å². The molecule has 5 heteroatoms. The summed E-state index contributed by atoms with van der Waals surface area (Å²) in [4.78, 5) is 8.65. The summed E-state index contributed by atoms with van der Waals surface area (Å²) in [6, 6.07) is 1.86. The van der Waals surface area contributed by atoms with Crippen LogP contribution in [0.1, 0.15) is 25.5 Å². The predicted octanol–water partition coefficient (Wildman–Crippen LogP) is 2.74. The highest BCUT2D eigenvalue weighted by Crippen LogP contribution is 2.12. The number of thioether (sulfide) groups is 1. The summed E-state index contributed by atoms with van der Waals surface area (Å²) < 4.78 is 5.51. The van der Waals surface area contributed by atoms with Crippen LogP contribution in [0.5, 0.6) is 5.88 Å². The van der Waals surface area contributed by atoms with E-state index in [1.807, 2.05) is 24.8 Å². The molecule has 0 saturated carbocycles. The van der Waals surface area contributed by atoms with Crippen LogP contribution in [0.25, 0.3) is 0 Å². The Balaban J connectivity index is 2.50. The molecule has 0 atom stereocenters. The van der Waals surface area contributed by atoms with Crippen LogP contribution in [0.4, 0.5) is 5.95 Å². The van der Waals surface area contributed by atoms with Gasteiger partial charge in [0.05, 0.1) is 6.61 Å². The van der Waals surface area contributed by atoms with Crippen molar-refractivity contribution in [2.24, 2.45) is 0 Å². The number of hydrogen-bond donors (Lipinski definition) is 1. The van der Waals surface area contributed by atoms with Crippen LogP contribution in [0.2, 0.25) is 0 Å². The highest BCUT2D eigenvalue weighted by Gasteiger charge is 2.02. The standard InChI is InChI=1S/C12H21N3OS/c1-4-7-16-11-9-10(2)14-12(15-11)13-6-5-8-17-3/h9H,4-8H2,1-3H3,(H,13,14,15). The monoisotopic (exact) mass is 255 g/mol. The van der Waals surface area contributed by atoms with Crippen LogP contribution in [-0.4, -0.2) is 35.1 Å². The minimum Gasteiger partial charge on any atom is -0.478 e. The third kappa shape index (κ3) is 5.77. The Morgan fingerprint density at radius 1 is 1.41 bits per heavy atom. The lowest BCUT2D eigenvalue weighted by molar-refractivity contribution is 0.305. The van der Waals surface area contributed by atoms with Crippen LogP contribution >= 0.6 is 11.8 Å². The van der Waals surface area contributed by atoms with Crippen molar-refractivity contribution in [1.82, 2.24) is 9.97 Å². The zero-order valence-corrected chi connectivity index (χ0v) is 11.6. The highest BCUT2D eigenvalue weighted by molar-refractivity contribution is 7.98. The minimum absolute atomic E-state index is 0.659. The van der Waals surface area contributed by atoms with Crippen molar-refractivity contribution in [1.29, 1.82) is 0 Å². The van der Waals surface area contributed by atoms with Crippen LogP contribution in [0.15, 0.2) is 6.07 Å². The Bertz CT molecular complexity index is 334. The first-order chi connectivity index (χ1) is 8.26. The molecule has 0 amide bonds. The predicted molar refractivity (Wildman–Crippen MR) is 74.0 cm³/mol. The van der Waals surface area contributed by atoms with Crippen LogP contribution in [0.3, 0.4) is 0 Å². The molecule has 0 fully saturated rings. The Labute approximate surface area is 108 Å². The minimum atomic E-state index is 0.659. The third-order valence-corrected chi connectivity index (χ3v) is 2.79. The highest BCUT2D eigenvalue weighted by atomic mass is 32.2. The Kier molecular flexibility index (Phi) is 6.77. The summed E-state index contributed by atoms with van der Waals surface area (Å²) in [5.74, 6) is 2.47. The van der Waals surface area contributed by atoms with Gasteiger partial charge in [0.15, 0.2) is 0 Å². The summed E-state index contributed by atoms with van der Waals surface area (Å²) in [5, 5.41) is 3.22. The topological polar surface area (TPSA) is 47.0 Å². The zero-order chi connectivity index (χ0) is 12.5. The molecule has 0 aromatic carbocycles. The van der Waals surface area contributed by atoms with Gasteiger partial charge in [-0.2, -0.15) is 16.7 Å². The second kappa shape index (κ2) is 8.17. The van der Waals surface area contributed by atoms with E-state index in [9.17, 15) is 0 Å². The largest absolute Gasteiger partial charge is 0.478 e. The van der Waals surface area contributed by atoms with Crippen molar-refractivity contribution < 1.29 is 4.74 Å². The maximum absolute atomic E-state index is 5.51. The summed E-state index contributed by atoms with van der Waals surface area (Å²) in [7, 11) is 0. The van der Waals surface area contributed by atoms with Gasteiger partial charge in [0.1, 0.15) is 0 Å². The molecule has 0 unspecified atom stereocenters. The van der Waals surface area contributed by atoms with Gasteiger partial charge in [0.25, 0.3) is 0 Å². The van der Waals surface area contributed by atoms with E-state index in [1.165, 1.54) is 0 Å². The van der Waals surface area contributed by atoms with E-state index in [-0.39, 0.29) is 0 Å². The number of ether oxygens (including phenoxy) is 1. The van der Waals surface area contributed by atoms with E-state index in [4.69, 9.17) is 4.74 Å². The molecule has 0 aliphatic carbocycles. The first-order valence-corrected chi connectivity index (χ1v) is 7.37. The Hall–Kier alpha value is -0.970. The molecule has 0 radical (unpaired) electrons. The number of nitrogens with one attached hydrogen (secondary N) is 1. The van der Waals surface area contributed by atoms with Crippen LogP contribution in [0, 0.1) is 6.92 Å². The number of hydrogen-bond acceptors (Lipinski definition) is 5. The summed E-state index contributed by atoms with van der Waals surface area (Å²) in [6.07, 6.45) is 4.21. The van der Waals surface area contributed by atoms with Crippen molar-refractivity contribution in [3.05, 3.63) is 11.8 Å². The molecule has 1 N–H and O–H groups in total. The lowest BCUT2D eigenvalue weighted by Gasteiger charge is -2.08. The number of aryl methyl sites for hydroxylation is 1. The summed E-state index contributed by atoms with van der Waals surface area (Å²) >= 11 is 1.85. The Morgan fingerprint density at radius 2 is 2.24 bits per heavy atom. The molecule has 0 bridgehead atoms. The van der Waals surface area contributed by atoms with Crippen molar-refractivity contribution in [3.8, 4) is 5.88 Å². The molecule has 17 heavy (non-hydrogen) atoms. The number of nitrogens with zero attached hydrogens (tertiary/aromatic N) is 2. The van der Waals surface area contributed by atoms with E-state index >= 15 is 0 Å². The van der Waals surface area contributed by atoms with Crippen molar-refractivity contribution in [2.75, 3.05) is 30.5 Å². The first kappa shape index (κ1) is 14.1.